The second kappa shape index (κ2) is 8.31. The Balaban J connectivity index is 1.37. The summed E-state index contributed by atoms with van der Waals surface area (Å²) in [7, 11) is 0. The van der Waals surface area contributed by atoms with E-state index in [0.717, 1.165) is 11.0 Å². The Hall–Kier alpha value is -5.18. The topological polar surface area (TPSA) is 139 Å². The summed E-state index contributed by atoms with van der Waals surface area (Å²) in [5, 5.41) is 0. The summed E-state index contributed by atoms with van der Waals surface area (Å²) < 4.78 is 6.15. The third-order valence-corrected chi connectivity index (χ3v) is 5.54. The van der Waals surface area contributed by atoms with Gasteiger partial charge in [-0.25, -0.2) is 19.9 Å². The molecule has 0 radical (unpaired) electrons. The van der Waals surface area contributed by atoms with Crippen LogP contribution in [0, 0.1) is 0 Å². The van der Waals surface area contributed by atoms with Crippen molar-refractivity contribution in [2.45, 2.75) is 0 Å². The Morgan fingerprint density at radius 2 is 1.00 bits per heavy atom. The number of nitrogens with zero attached hydrogens (tertiary/aromatic N) is 6. The number of rotatable bonds is 4. The van der Waals surface area contributed by atoms with E-state index >= 15 is 0 Å². The molecule has 6 aromatic rings. The van der Waals surface area contributed by atoms with Crippen molar-refractivity contribution < 1.29 is 4.74 Å². The zero-order chi connectivity index (χ0) is 23.8. The summed E-state index contributed by atoms with van der Waals surface area (Å²) in [6, 6.07) is 18.3. The van der Waals surface area contributed by atoms with Crippen LogP contribution in [0.3, 0.4) is 0 Å². The molecule has 4 aromatic heterocycles. The molecule has 0 aliphatic heterocycles. The summed E-state index contributed by atoms with van der Waals surface area (Å²) in [4.78, 5) is 26.6. The molecule has 9 heteroatoms. The van der Waals surface area contributed by atoms with Gasteiger partial charge in [0, 0.05) is 23.5 Å². The third kappa shape index (κ3) is 3.70. The number of hydrogen-bond donors (Lipinski definition) is 2. The Kier molecular flexibility index (Phi) is 4.85. The quantitative estimate of drug-likeness (QED) is 0.361. The molecule has 4 heterocycles. The van der Waals surface area contributed by atoms with Crippen molar-refractivity contribution in [3.63, 3.8) is 0 Å². The summed E-state index contributed by atoms with van der Waals surface area (Å²) in [6.45, 7) is 0. The fourth-order valence-corrected chi connectivity index (χ4v) is 3.77. The highest BCUT2D eigenvalue weighted by molar-refractivity contribution is 5.83. The normalized spacial score (nSPS) is 11.1. The molecule has 0 bridgehead atoms. The van der Waals surface area contributed by atoms with Gasteiger partial charge in [0.1, 0.15) is 11.0 Å². The highest BCUT2D eigenvalue weighted by atomic mass is 16.5. The van der Waals surface area contributed by atoms with Gasteiger partial charge in [0.15, 0.2) is 23.1 Å². The minimum Gasteiger partial charge on any atom is -0.453 e. The van der Waals surface area contributed by atoms with E-state index in [1.165, 1.54) is 0 Å². The molecule has 0 saturated heterocycles. The molecule has 168 valence electrons. The van der Waals surface area contributed by atoms with E-state index < -0.39 is 0 Å². The molecule has 0 unspecified atom stereocenters. The first-order chi connectivity index (χ1) is 17.2. The highest BCUT2D eigenvalue weighted by Gasteiger charge is 2.16. The number of hydrogen-bond acceptors (Lipinski definition) is 9. The molecule has 0 atom stereocenters. The van der Waals surface area contributed by atoms with Gasteiger partial charge in [-0.1, -0.05) is 12.1 Å². The zero-order valence-electron chi connectivity index (χ0n) is 18.3. The molecule has 0 saturated carbocycles. The average Bonchev–Trinajstić information content (AvgIpc) is 2.90. The molecule has 0 aliphatic rings. The Bertz CT molecular complexity index is 1590. The molecule has 0 aliphatic carbocycles. The lowest BCUT2D eigenvalue weighted by molar-refractivity contribution is 0.488. The molecule has 0 fully saturated rings. The van der Waals surface area contributed by atoms with E-state index in [2.05, 4.69) is 29.9 Å². The molecule has 4 N–H and O–H groups in total. The van der Waals surface area contributed by atoms with Crippen molar-refractivity contribution >= 4 is 33.4 Å². The molecule has 6 rings (SSSR count). The van der Waals surface area contributed by atoms with Crippen molar-refractivity contribution in [1.29, 1.82) is 0 Å². The van der Waals surface area contributed by atoms with Gasteiger partial charge in [-0.2, -0.15) is 0 Å². The van der Waals surface area contributed by atoms with Gasteiger partial charge in [-0.15, -0.1) is 0 Å². The van der Waals surface area contributed by atoms with Crippen molar-refractivity contribution in [3.05, 3.63) is 85.5 Å². The van der Waals surface area contributed by atoms with Gasteiger partial charge < -0.3 is 16.2 Å². The summed E-state index contributed by atoms with van der Waals surface area (Å²) >= 11 is 0. The number of nitrogens with two attached hydrogens (primary N) is 2. The third-order valence-electron chi connectivity index (χ3n) is 5.54. The van der Waals surface area contributed by atoms with Gasteiger partial charge in [0.25, 0.3) is 0 Å². The molecule has 35 heavy (non-hydrogen) atoms. The molecule has 0 spiro atoms. The SMILES string of the molecule is Nc1c(Oc2cccc(-c3ncc4ncccc4n3)c2N)cccc1-c1ncc2ncccc2n1. The first-order valence-corrected chi connectivity index (χ1v) is 10.8. The molecule has 2 aromatic carbocycles. The lowest BCUT2D eigenvalue weighted by Gasteiger charge is -2.15. The van der Waals surface area contributed by atoms with Crippen molar-refractivity contribution in [2.75, 3.05) is 11.5 Å². The predicted molar refractivity (Wildman–Crippen MR) is 134 cm³/mol. The molecule has 0 amide bonds. The van der Waals surface area contributed by atoms with Crippen LogP contribution < -0.4 is 16.2 Å². The number of nitrogen functional groups attached to an aromatic ring is 2. The Morgan fingerprint density at radius 1 is 0.514 bits per heavy atom. The maximum absolute atomic E-state index is 6.48. The summed E-state index contributed by atoms with van der Waals surface area (Å²) in [5.74, 6) is 1.83. The first-order valence-electron chi connectivity index (χ1n) is 10.8. The maximum atomic E-state index is 6.48. The number of aromatic nitrogens is 6. The van der Waals surface area contributed by atoms with E-state index in [-0.39, 0.29) is 0 Å². The Labute approximate surface area is 199 Å². The number of anilines is 2. The predicted octanol–water partition coefficient (Wildman–Crippen LogP) is 4.65. The van der Waals surface area contributed by atoms with Gasteiger partial charge in [0.05, 0.1) is 34.8 Å². The van der Waals surface area contributed by atoms with Crippen LogP contribution in [-0.2, 0) is 0 Å². The lowest BCUT2D eigenvalue weighted by atomic mass is 10.1. The number of benzene rings is 2. The highest BCUT2D eigenvalue weighted by Crippen LogP contribution is 2.39. The standard InChI is InChI=1S/C26H18N8O/c27-23-15(25-31-13-19-17(33-25)7-3-11-29-19)5-1-9-21(23)35-22-10-2-6-16(24(22)28)26-32-14-20-18(34-26)8-4-12-30-20/h1-14H,27-28H2. The second-order valence-electron chi connectivity index (χ2n) is 7.74. The van der Waals surface area contributed by atoms with E-state index in [1.54, 1.807) is 36.9 Å². The monoisotopic (exact) mass is 458 g/mol. The van der Waals surface area contributed by atoms with Crippen LogP contribution in [-0.4, -0.2) is 29.9 Å². The first kappa shape index (κ1) is 20.4. The lowest BCUT2D eigenvalue weighted by Crippen LogP contribution is -2.01. The van der Waals surface area contributed by atoms with Crippen molar-refractivity contribution in [2.24, 2.45) is 0 Å². The van der Waals surface area contributed by atoms with Gasteiger partial charge in [0.2, 0.25) is 0 Å². The molecular weight excluding hydrogens is 440 g/mol. The van der Waals surface area contributed by atoms with E-state index in [1.807, 2.05) is 48.5 Å². The average molecular weight is 458 g/mol. The fraction of sp³-hybridized carbons (Fsp3) is 0. The van der Waals surface area contributed by atoms with Crippen LogP contribution in [0.5, 0.6) is 11.5 Å². The van der Waals surface area contributed by atoms with E-state index in [0.29, 0.717) is 56.7 Å². The minimum atomic E-state index is 0.397. The van der Waals surface area contributed by atoms with Crippen molar-refractivity contribution in [1.82, 2.24) is 29.9 Å². The number of pyridine rings is 2. The fourth-order valence-electron chi connectivity index (χ4n) is 3.77. The van der Waals surface area contributed by atoms with E-state index in [9.17, 15) is 0 Å². The summed E-state index contributed by atoms with van der Waals surface area (Å²) in [6.07, 6.45) is 6.75. The minimum absolute atomic E-state index is 0.397. The summed E-state index contributed by atoms with van der Waals surface area (Å²) in [5.41, 5.74) is 17.9. The second-order valence-corrected chi connectivity index (χ2v) is 7.74. The zero-order valence-corrected chi connectivity index (χ0v) is 18.3. The molecular formula is C26H18N8O. The van der Waals surface area contributed by atoms with Gasteiger partial charge in [-0.05, 0) is 48.5 Å². The number of fused-ring (bicyclic) bond motifs is 2. The number of para-hydroxylation sites is 2. The number of ether oxygens (including phenoxy) is 1. The van der Waals surface area contributed by atoms with Crippen LogP contribution in [0.25, 0.3) is 44.8 Å². The van der Waals surface area contributed by atoms with Gasteiger partial charge >= 0.3 is 0 Å². The van der Waals surface area contributed by atoms with Crippen molar-refractivity contribution in [3.8, 4) is 34.3 Å². The Morgan fingerprint density at radius 3 is 1.49 bits per heavy atom. The largest absolute Gasteiger partial charge is 0.453 e. The van der Waals surface area contributed by atoms with Crippen LogP contribution in [0.1, 0.15) is 0 Å². The van der Waals surface area contributed by atoms with Crippen LogP contribution in [0.2, 0.25) is 0 Å². The van der Waals surface area contributed by atoms with Crippen LogP contribution in [0.4, 0.5) is 11.4 Å². The smallest absolute Gasteiger partial charge is 0.162 e. The molecule has 9 nitrogen and oxygen atoms in total. The van der Waals surface area contributed by atoms with Crippen LogP contribution in [0.15, 0.2) is 85.5 Å². The van der Waals surface area contributed by atoms with E-state index in [4.69, 9.17) is 16.2 Å². The van der Waals surface area contributed by atoms with Gasteiger partial charge in [-0.3, -0.25) is 9.97 Å². The maximum Gasteiger partial charge on any atom is 0.162 e. The van der Waals surface area contributed by atoms with Crippen LogP contribution >= 0.6 is 0 Å².